The summed E-state index contributed by atoms with van der Waals surface area (Å²) in [5, 5.41) is 0. The molecule has 2 aromatic rings. The minimum absolute atomic E-state index is 0.197. The maximum Gasteiger partial charge on any atom is 0.339 e. The molecule has 1 heterocycles. The lowest BCUT2D eigenvalue weighted by Gasteiger charge is -2.15. The van der Waals surface area contributed by atoms with Gasteiger partial charge in [-0.2, -0.15) is 0 Å². The van der Waals surface area contributed by atoms with Crippen LogP contribution in [0.1, 0.15) is 31.4 Å². The third kappa shape index (κ3) is 4.83. The van der Waals surface area contributed by atoms with Crippen LogP contribution in [0, 0.1) is 0 Å². The number of rotatable bonds is 7. The van der Waals surface area contributed by atoms with Crippen LogP contribution >= 0.6 is 0 Å². The van der Waals surface area contributed by atoms with Gasteiger partial charge in [-0.15, -0.1) is 0 Å². The van der Waals surface area contributed by atoms with E-state index in [1.807, 2.05) is 55.5 Å². The molecule has 0 saturated heterocycles. The number of hydrogen-bond donors (Lipinski definition) is 0. The first-order valence-electron chi connectivity index (χ1n) is 10.7. The lowest BCUT2D eigenvalue weighted by atomic mass is 9.96. The Kier molecular flexibility index (Phi) is 6.55. The molecule has 0 fully saturated rings. The third-order valence-electron chi connectivity index (χ3n) is 5.64. The standard InChI is InChI=1S/C27H27NO4/c1-18-6-4-5-7-25(18)28-19(2)16-31-23-14-10-21(11-15-23)26-24(17-32-27(26)29)20-8-12-22(30-3)13-9-20/h4-6,8-15,25H,7,16-17H2,1-3H3. The maximum atomic E-state index is 12.4. The molecule has 5 nitrogen and oxygen atoms in total. The van der Waals surface area contributed by atoms with Gasteiger partial charge in [-0.1, -0.05) is 42.5 Å². The molecule has 0 bridgehead atoms. The van der Waals surface area contributed by atoms with Crippen molar-refractivity contribution in [1.29, 1.82) is 0 Å². The largest absolute Gasteiger partial charge is 0.497 e. The Morgan fingerprint density at radius 3 is 2.44 bits per heavy atom. The molecule has 164 valence electrons. The summed E-state index contributed by atoms with van der Waals surface area (Å²) in [5.41, 5.74) is 5.43. The molecular formula is C27H27NO4. The first-order valence-corrected chi connectivity index (χ1v) is 10.7. The van der Waals surface area contributed by atoms with Crippen molar-refractivity contribution in [3.63, 3.8) is 0 Å². The smallest absolute Gasteiger partial charge is 0.339 e. The van der Waals surface area contributed by atoms with Crippen molar-refractivity contribution < 1.29 is 19.0 Å². The van der Waals surface area contributed by atoms with Gasteiger partial charge < -0.3 is 14.2 Å². The van der Waals surface area contributed by atoms with Crippen LogP contribution in [-0.4, -0.2) is 38.0 Å². The molecule has 0 saturated carbocycles. The van der Waals surface area contributed by atoms with Crippen molar-refractivity contribution in [1.82, 2.24) is 0 Å². The van der Waals surface area contributed by atoms with E-state index < -0.39 is 0 Å². The van der Waals surface area contributed by atoms with Crippen molar-refractivity contribution in [2.75, 3.05) is 20.3 Å². The highest BCUT2D eigenvalue weighted by molar-refractivity contribution is 6.27. The highest BCUT2D eigenvalue weighted by atomic mass is 16.5. The summed E-state index contributed by atoms with van der Waals surface area (Å²) in [7, 11) is 1.63. The van der Waals surface area contributed by atoms with E-state index in [4.69, 9.17) is 19.2 Å². The molecule has 32 heavy (non-hydrogen) atoms. The van der Waals surface area contributed by atoms with Gasteiger partial charge in [0.1, 0.15) is 24.7 Å². The molecule has 0 radical (unpaired) electrons. The number of esters is 1. The molecule has 1 atom stereocenters. The Hall–Kier alpha value is -3.60. The first kappa shape index (κ1) is 21.6. The monoisotopic (exact) mass is 429 g/mol. The minimum atomic E-state index is -0.308. The number of hydrogen-bond acceptors (Lipinski definition) is 5. The summed E-state index contributed by atoms with van der Waals surface area (Å²) in [4.78, 5) is 17.2. The van der Waals surface area contributed by atoms with E-state index in [1.165, 1.54) is 5.57 Å². The summed E-state index contributed by atoms with van der Waals surface area (Å²) in [6.07, 6.45) is 7.24. The number of allylic oxidation sites excluding steroid dienone is 2. The van der Waals surface area contributed by atoms with Crippen molar-refractivity contribution in [3.8, 4) is 11.5 Å². The molecule has 5 heteroatoms. The third-order valence-corrected chi connectivity index (χ3v) is 5.64. The number of nitrogens with zero attached hydrogens (tertiary/aromatic N) is 1. The van der Waals surface area contributed by atoms with Crippen molar-refractivity contribution in [2.24, 2.45) is 4.99 Å². The van der Waals surface area contributed by atoms with Gasteiger partial charge in [0.05, 0.1) is 18.7 Å². The topological polar surface area (TPSA) is 57.1 Å². The number of carbonyl (C=O) groups is 1. The van der Waals surface area contributed by atoms with Gasteiger partial charge in [-0.05, 0) is 61.2 Å². The normalized spacial score (nSPS) is 18.5. The highest BCUT2D eigenvalue weighted by Gasteiger charge is 2.27. The molecule has 0 spiro atoms. The Labute approximate surface area is 188 Å². The van der Waals surface area contributed by atoms with Gasteiger partial charge in [-0.3, -0.25) is 4.99 Å². The SMILES string of the molecule is COc1ccc(C2=C(c3ccc(OCC(C)=NC4CC=CC=C4C)cc3)C(=O)OC2)cc1. The highest BCUT2D eigenvalue weighted by Crippen LogP contribution is 2.34. The minimum Gasteiger partial charge on any atom is -0.497 e. The van der Waals surface area contributed by atoms with Crippen LogP contribution < -0.4 is 9.47 Å². The van der Waals surface area contributed by atoms with E-state index in [2.05, 4.69) is 25.2 Å². The lowest BCUT2D eigenvalue weighted by molar-refractivity contribution is -0.133. The second kappa shape index (κ2) is 9.69. The van der Waals surface area contributed by atoms with E-state index in [-0.39, 0.29) is 18.6 Å². The lowest BCUT2D eigenvalue weighted by Crippen LogP contribution is -2.14. The van der Waals surface area contributed by atoms with Gasteiger partial charge in [0.2, 0.25) is 0 Å². The van der Waals surface area contributed by atoms with E-state index in [9.17, 15) is 4.79 Å². The van der Waals surface area contributed by atoms with Crippen molar-refractivity contribution in [2.45, 2.75) is 26.3 Å². The summed E-state index contributed by atoms with van der Waals surface area (Å²) in [6, 6.07) is 15.4. The zero-order valence-electron chi connectivity index (χ0n) is 18.6. The van der Waals surface area contributed by atoms with E-state index >= 15 is 0 Å². The molecule has 1 aliphatic carbocycles. The number of benzene rings is 2. The van der Waals surface area contributed by atoms with Gasteiger partial charge in [-0.25, -0.2) is 4.79 Å². The number of ether oxygens (including phenoxy) is 3. The maximum absolute atomic E-state index is 12.4. The number of carbonyl (C=O) groups excluding carboxylic acids is 1. The zero-order chi connectivity index (χ0) is 22.5. The molecule has 1 unspecified atom stereocenters. The van der Waals surface area contributed by atoms with Crippen LogP contribution in [0.15, 0.2) is 77.3 Å². The number of aliphatic imine (C=N–C) groups is 1. The van der Waals surface area contributed by atoms with Crippen LogP contribution in [0.25, 0.3) is 11.1 Å². The number of methoxy groups -OCH3 is 1. The van der Waals surface area contributed by atoms with Gasteiger partial charge in [0.25, 0.3) is 0 Å². The van der Waals surface area contributed by atoms with Gasteiger partial charge in [0.15, 0.2) is 0 Å². The Morgan fingerprint density at radius 2 is 1.75 bits per heavy atom. The molecule has 0 amide bonds. The summed E-state index contributed by atoms with van der Waals surface area (Å²) in [5.74, 6) is 1.20. The van der Waals surface area contributed by atoms with Gasteiger partial charge in [0, 0.05) is 11.3 Å². The van der Waals surface area contributed by atoms with Crippen LogP contribution in [-0.2, 0) is 9.53 Å². The predicted molar refractivity (Wildman–Crippen MR) is 127 cm³/mol. The second-order valence-electron chi connectivity index (χ2n) is 7.93. The predicted octanol–water partition coefficient (Wildman–Crippen LogP) is 5.28. The average Bonchev–Trinajstić information content (AvgIpc) is 3.21. The average molecular weight is 430 g/mol. The quantitative estimate of drug-likeness (QED) is 0.444. The van der Waals surface area contributed by atoms with E-state index in [0.29, 0.717) is 12.2 Å². The summed E-state index contributed by atoms with van der Waals surface area (Å²) < 4.78 is 16.5. The molecule has 1 aliphatic heterocycles. The molecule has 2 aromatic carbocycles. The second-order valence-corrected chi connectivity index (χ2v) is 7.93. The fourth-order valence-corrected chi connectivity index (χ4v) is 3.80. The van der Waals surface area contributed by atoms with Crippen molar-refractivity contribution in [3.05, 3.63) is 83.5 Å². The van der Waals surface area contributed by atoms with Crippen LogP contribution in [0.5, 0.6) is 11.5 Å². The first-order chi connectivity index (χ1) is 15.5. The van der Waals surface area contributed by atoms with E-state index in [1.54, 1.807) is 7.11 Å². The zero-order valence-corrected chi connectivity index (χ0v) is 18.6. The Bertz CT molecular complexity index is 1110. The van der Waals surface area contributed by atoms with Crippen molar-refractivity contribution >= 4 is 22.8 Å². The van der Waals surface area contributed by atoms with Crippen LogP contribution in [0.2, 0.25) is 0 Å². The Morgan fingerprint density at radius 1 is 1.06 bits per heavy atom. The Balaban J connectivity index is 1.46. The molecule has 4 rings (SSSR count). The molecule has 2 aliphatic rings. The van der Waals surface area contributed by atoms with E-state index in [0.717, 1.165) is 40.3 Å². The fraction of sp³-hybridized carbons (Fsp3) is 0.259. The summed E-state index contributed by atoms with van der Waals surface area (Å²) >= 11 is 0. The summed E-state index contributed by atoms with van der Waals surface area (Å²) in [6.45, 7) is 4.78. The van der Waals surface area contributed by atoms with Crippen LogP contribution in [0.3, 0.4) is 0 Å². The molecular weight excluding hydrogens is 402 g/mol. The van der Waals surface area contributed by atoms with Gasteiger partial charge >= 0.3 is 5.97 Å². The van der Waals surface area contributed by atoms with Crippen LogP contribution in [0.4, 0.5) is 0 Å². The number of cyclic esters (lactones) is 1. The fourth-order valence-electron chi connectivity index (χ4n) is 3.80. The molecule has 0 aromatic heterocycles. The molecule has 0 N–H and O–H groups in total.